The Morgan fingerprint density at radius 2 is 1.28 bits per heavy atom. The molecule has 1 aromatic rings. The molecule has 4 nitrogen and oxygen atoms in total. The minimum absolute atomic E-state index is 0.157. The lowest BCUT2D eigenvalue weighted by Crippen LogP contribution is -2.06. The van der Waals surface area contributed by atoms with Gasteiger partial charge in [-0.15, -0.1) is 0 Å². The first-order valence-electron chi connectivity index (χ1n) is 11.7. The van der Waals surface area contributed by atoms with Crippen molar-refractivity contribution in [1.82, 2.24) is 0 Å². The number of carboxylic acids is 1. The summed E-state index contributed by atoms with van der Waals surface area (Å²) in [6, 6.07) is 10.3. The van der Waals surface area contributed by atoms with Gasteiger partial charge in [0.1, 0.15) is 0 Å². The van der Waals surface area contributed by atoms with Crippen molar-refractivity contribution in [1.29, 1.82) is 0 Å². The zero-order chi connectivity index (χ0) is 21.0. The molecule has 0 aliphatic heterocycles. The summed E-state index contributed by atoms with van der Waals surface area (Å²) in [4.78, 5) is 10.4. The molecule has 1 atom stereocenters. The van der Waals surface area contributed by atoms with Gasteiger partial charge < -0.3 is 14.9 Å². The van der Waals surface area contributed by atoms with Crippen molar-refractivity contribution in [2.45, 2.75) is 109 Å². The van der Waals surface area contributed by atoms with Gasteiger partial charge in [-0.25, -0.2) is 0 Å². The van der Waals surface area contributed by atoms with Crippen molar-refractivity contribution in [3.05, 3.63) is 35.9 Å². The number of ether oxygens (including phenoxy) is 1. The molecule has 4 heteroatoms. The smallest absolute Gasteiger partial charge is 0.303 e. The number of hydrogen-bond acceptors (Lipinski definition) is 3. The summed E-state index contributed by atoms with van der Waals surface area (Å²) < 4.78 is 5.71. The first kappa shape index (κ1) is 25.6. The summed E-state index contributed by atoms with van der Waals surface area (Å²) in [6.45, 7) is 1.56. The van der Waals surface area contributed by atoms with Gasteiger partial charge in [0.05, 0.1) is 12.7 Å². The SMILES string of the molecule is O=C(O)CCCCCCCC(O)CCCCCCCCCOCc1ccccc1. The van der Waals surface area contributed by atoms with E-state index in [2.05, 4.69) is 12.1 Å². The minimum atomic E-state index is -0.701. The van der Waals surface area contributed by atoms with Crippen molar-refractivity contribution in [2.75, 3.05) is 6.61 Å². The number of carboxylic acid groups (broad SMARTS) is 1. The summed E-state index contributed by atoms with van der Waals surface area (Å²) in [6.07, 6.45) is 15.5. The molecule has 0 heterocycles. The molecular weight excluding hydrogens is 364 g/mol. The van der Waals surface area contributed by atoms with E-state index in [4.69, 9.17) is 9.84 Å². The van der Waals surface area contributed by atoms with Gasteiger partial charge in [0.25, 0.3) is 0 Å². The molecule has 0 aromatic heterocycles. The number of hydrogen-bond donors (Lipinski definition) is 2. The van der Waals surface area contributed by atoms with Crippen LogP contribution in [0.3, 0.4) is 0 Å². The predicted molar refractivity (Wildman–Crippen MR) is 119 cm³/mol. The summed E-state index contributed by atoms with van der Waals surface area (Å²) in [5.41, 5.74) is 1.24. The van der Waals surface area contributed by atoms with Gasteiger partial charge in [-0.3, -0.25) is 4.79 Å². The van der Waals surface area contributed by atoms with Gasteiger partial charge in [0.15, 0.2) is 0 Å². The lowest BCUT2D eigenvalue weighted by atomic mass is 10.0. The van der Waals surface area contributed by atoms with Crippen molar-refractivity contribution in [3.8, 4) is 0 Å². The van der Waals surface area contributed by atoms with Gasteiger partial charge in [-0.05, 0) is 31.2 Å². The van der Waals surface area contributed by atoms with Gasteiger partial charge in [0, 0.05) is 13.0 Å². The molecule has 0 amide bonds. The highest BCUT2D eigenvalue weighted by Gasteiger charge is 2.04. The number of aliphatic hydroxyl groups excluding tert-OH is 1. The largest absolute Gasteiger partial charge is 0.481 e. The van der Waals surface area contributed by atoms with Crippen LogP contribution in [0.1, 0.15) is 102 Å². The molecule has 166 valence electrons. The van der Waals surface area contributed by atoms with E-state index in [1.165, 1.54) is 37.7 Å². The summed E-state index contributed by atoms with van der Waals surface area (Å²) in [5, 5.41) is 18.6. The van der Waals surface area contributed by atoms with Crippen LogP contribution >= 0.6 is 0 Å². The normalized spacial score (nSPS) is 12.2. The third-order valence-electron chi connectivity index (χ3n) is 5.37. The second-order valence-electron chi connectivity index (χ2n) is 8.16. The molecule has 1 aromatic carbocycles. The zero-order valence-electron chi connectivity index (χ0n) is 18.2. The van der Waals surface area contributed by atoms with Gasteiger partial charge in [0.2, 0.25) is 0 Å². The van der Waals surface area contributed by atoms with Crippen LogP contribution in [0.15, 0.2) is 30.3 Å². The quantitative estimate of drug-likeness (QED) is 0.243. The maximum absolute atomic E-state index is 10.4. The summed E-state index contributed by atoms with van der Waals surface area (Å²) in [7, 11) is 0. The standard InChI is InChI=1S/C25H42O4/c26-24(19-13-6-4-7-14-20-25(27)28)18-12-5-2-1-3-8-15-21-29-22-23-16-10-9-11-17-23/h9-11,16-17,24,26H,1-8,12-15,18-22H2,(H,27,28). The highest BCUT2D eigenvalue weighted by atomic mass is 16.5. The van der Waals surface area contributed by atoms with E-state index in [9.17, 15) is 9.90 Å². The fourth-order valence-corrected chi connectivity index (χ4v) is 3.56. The molecule has 1 rings (SSSR count). The molecule has 29 heavy (non-hydrogen) atoms. The van der Waals surface area contributed by atoms with Crippen molar-refractivity contribution in [3.63, 3.8) is 0 Å². The third kappa shape index (κ3) is 17.2. The molecule has 1 unspecified atom stereocenters. The van der Waals surface area contributed by atoms with Crippen LogP contribution < -0.4 is 0 Å². The Hall–Kier alpha value is -1.39. The lowest BCUT2D eigenvalue weighted by Gasteiger charge is -2.10. The van der Waals surface area contributed by atoms with E-state index < -0.39 is 5.97 Å². The number of aliphatic hydroxyl groups is 1. The fraction of sp³-hybridized carbons (Fsp3) is 0.720. The van der Waals surface area contributed by atoms with Crippen LogP contribution in [0.4, 0.5) is 0 Å². The molecule has 0 aliphatic rings. The molecule has 0 saturated carbocycles. The third-order valence-corrected chi connectivity index (χ3v) is 5.37. The van der Waals surface area contributed by atoms with Crippen LogP contribution in [0, 0.1) is 0 Å². The second-order valence-corrected chi connectivity index (χ2v) is 8.16. The van der Waals surface area contributed by atoms with Crippen molar-refractivity contribution < 1.29 is 19.7 Å². The van der Waals surface area contributed by atoms with Crippen molar-refractivity contribution in [2.24, 2.45) is 0 Å². The molecule has 0 saturated heterocycles. The molecular formula is C25H42O4. The monoisotopic (exact) mass is 406 g/mol. The highest BCUT2D eigenvalue weighted by Crippen LogP contribution is 2.14. The van der Waals surface area contributed by atoms with E-state index in [0.717, 1.165) is 64.4 Å². The van der Waals surface area contributed by atoms with Crippen LogP contribution in [-0.4, -0.2) is 28.9 Å². The summed E-state index contributed by atoms with van der Waals surface area (Å²) >= 11 is 0. The number of benzene rings is 1. The first-order chi connectivity index (χ1) is 14.2. The Morgan fingerprint density at radius 1 is 0.759 bits per heavy atom. The van der Waals surface area contributed by atoms with E-state index in [-0.39, 0.29) is 12.5 Å². The summed E-state index contributed by atoms with van der Waals surface area (Å²) in [5.74, 6) is -0.701. The number of aliphatic carboxylic acids is 1. The number of carbonyl (C=O) groups is 1. The van der Waals surface area contributed by atoms with Crippen LogP contribution in [0.5, 0.6) is 0 Å². The lowest BCUT2D eigenvalue weighted by molar-refractivity contribution is -0.137. The first-order valence-corrected chi connectivity index (χ1v) is 11.7. The topological polar surface area (TPSA) is 66.8 Å². The molecule has 0 spiro atoms. The second kappa shape index (κ2) is 18.6. The Balaban J connectivity index is 1.76. The Kier molecular flexibility index (Phi) is 16.5. The van der Waals surface area contributed by atoms with E-state index in [1.54, 1.807) is 0 Å². The maximum Gasteiger partial charge on any atom is 0.303 e. The minimum Gasteiger partial charge on any atom is -0.481 e. The average Bonchev–Trinajstić information content (AvgIpc) is 2.71. The highest BCUT2D eigenvalue weighted by molar-refractivity contribution is 5.66. The Morgan fingerprint density at radius 3 is 1.86 bits per heavy atom. The molecule has 0 fully saturated rings. The van der Waals surface area contributed by atoms with Crippen molar-refractivity contribution >= 4 is 5.97 Å². The predicted octanol–water partition coefficient (Wildman–Crippen LogP) is 6.50. The molecule has 0 aliphatic carbocycles. The Labute approximate surface area is 177 Å². The fourth-order valence-electron chi connectivity index (χ4n) is 3.56. The molecule has 2 N–H and O–H groups in total. The van der Waals surface area contributed by atoms with Gasteiger partial charge >= 0.3 is 5.97 Å². The van der Waals surface area contributed by atoms with Gasteiger partial charge in [-0.2, -0.15) is 0 Å². The van der Waals surface area contributed by atoms with Crippen LogP contribution in [-0.2, 0) is 16.1 Å². The number of unbranched alkanes of at least 4 members (excludes halogenated alkanes) is 10. The maximum atomic E-state index is 10.4. The van der Waals surface area contributed by atoms with Crippen LogP contribution in [0.2, 0.25) is 0 Å². The molecule has 0 bridgehead atoms. The van der Waals surface area contributed by atoms with E-state index in [1.807, 2.05) is 18.2 Å². The Bertz CT molecular complexity index is 489. The molecule has 0 radical (unpaired) electrons. The van der Waals surface area contributed by atoms with E-state index >= 15 is 0 Å². The van der Waals surface area contributed by atoms with Crippen LogP contribution in [0.25, 0.3) is 0 Å². The number of rotatable bonds is 20. The van der Waals surface area contributed by atoms with Gasteiger partial charge in [-0.1, -0.05) is 94.5 Å². The zero-order valence-corrected chi connectivity index (χ0v) is 18.2. The average molecular weight is 407 g/mol. The van der Waals surface area contributed by atoms with E-state index in [0.29, 0.717) is 6.61 Å².